The van der Waals surface area contributed by atoms with Gasteiger partial charge in [-0.05, 0) is 32.4 Å². The number of rotatable bonds is 3. The van der Waals surface area contributed by atoms with Crippen LogP contribution in [-0.4, -0.2) is 5.16 Å². The third kappa shape index (κ3) is 2.67. The van der Waals surface area contributed by atoms with E-state index in [-0.39, 0.29) is 0 Å². The molecule has 84 valence electrons. The number of aromatic nitrogens is 1. The average molecular weight is 233 g/mol. The molecule has 0 amide bonds. The summed E-state index contributed by atoms with van der Waals surface area (Å²) in [6, 6.07) is 8.50. The smallest absolute Gasteiger partial charge is 0.133 e. The van der Waals surface area contributed by atoms with E-state index in [1.807, 2.05) is 13.0 Å². The van der Waals surface area contributed by atoms with E-state index >= 15 is 0 Å². The van der Waals surface area contributed by atoms with Crippen LogP contribution < -0.4 is 0 Å². The molecule has 0 radical (unpaired) electrons. The molecule has 0 saturated heterocycles. The lowest BCUT2D eigenvalue weighted by atomic mass is 10.2. The molecule has 2 rings (SSSR count). The highest BCUT2D eigenvalue weighted by atomic mass is 32.2. The van der Waals surface area contributed by atoms with E-state index < -0.39 is 0 Å². The maximum absolute atomic E-state index is 5.04. The van der Waals surface area contributed by atoms with Crippen molar-refractivity contribution in [3.05, 3.63) is 46.8 Å². The van der Waals surface area contributed by atoms with Crippen molar-refractivity contribution in [1.82, 2.24) is 5.16 Å². The number of thioether (sulfide) groups is 1. The second-order valence-corrected chi connectivity index (χ2v) is 5.00. The summed E-state index contributed by atoms with van der Waals surface area (Å²) in [5, 5.41) is 3.98. The van der Waals surface area contributed by atoms with Crippen molar-refractivity contribution in [3.63, 3.8) is 0 Å². The van der Waals surface area contributed by atoms with Gasteiger partial charge >= 0.3 is 0 Å². The molecule has 0 aliphatic heterocycles. The molecule has 0 unspecified atom stereocenters. The van der Waals surface area contributed by atoms with E-state index in [0.29, 0.717) is 0 Å². The Morgan fingerprint density at radius 2 is 2.00 bits per heavy atom. The van der Waals surface area contributed by atoms with Gasteiger partial charge in [-0.2, -0.15) is 0 Å². The van der Waals surface area contributed by atoms with E-state index in [9.17, 15) is 0 Å². The number of hydrogen-bond donors (Lipinski definition) is 0. The summed E-state index contributed by atoms with van der Waals surface area (Å²) in [6.07, 6.45) is 0. The van der Waals surface area contributed by atoms with E-state index in [1.54, 1.807) is 11.8 Å². The molecule has 2 aromatic rings. The van der Waals surface area contributed by atoms with Crippen LogP contribution in [0.4, 0.5) is 0 Å². The molecular formula is C13H15NOS. The molecule has 1 aromatic heterocycles. The first-order valence-electron chi connectivity index (χ1n) is 5.27. The largest absolute Gasteiger partial charge is 0.361 e. The van der Waals surface area contributed by atoms with Gasteiger partial charge in [-0.25, -0.2) is 0 Å². The van der Waals surface area contributed by atoms with Crippen molar-refractivity contribution >= 4 is 11.8 Å². The van der Waals surface area contributed by atoms with Crippen LogP contribution in [0.2, 0.25) is 0 Å². The summed E-state index contributed by atoms with van der Waals surface area (Å²) in [5.41, 5.74) is 3.63. The molecule has 0 spiro atoms. The summed E-state index contributed by atoms with van der Waals surface area (Å²) < 4.78 is 5.04. The number of hydrogen-bond acceptors (Lipinski definition) is 3. The average Bonchev–Trinajstić information content (AvgIpc) is 2.63. The van der Waals surface area contributed by atoms with E-state index in [2.05, 4.69) is 37.2 Å². The van der Waals surface area contributed by atoms with Crippen molar-refractivity contribution in [2.45, 2.75) is 31.4 Å². The van der Waals surface area contributed by atoms with E-state index in [0.717, 1.165) is 17.2 Å². The predicted molar refractivity (Wildman–Crippen MR) is 66.7 cm³/mol. The minimum Gasteiger partial charge on any atom is -0.361 e. The maximum Gasteiger partial charge on any atom is 0.133 e. The molecule has 0 fully saturated rings. The monoisotopic (exact) mass is 233 g/mol. The van der Waals surface area contributed by atoms with Crippen molar-refractivity contribution in [3.8, 4) is 0 Å². The summed E-state index contributed by atoms with van der Waals surface area (Å²) in [4.78, 5) is 1.31. The fourth-order valence-corrected chi connectivity index (χ4v) is 2.49. The van der Waals surface area contributed by atoms with Crippen molar-refractivity contribution in [2.75, 3.05) is 0 Å². The van der Waals surface area contributed by atoms with Gasteiger partial charge in [0.15, 0.2) is 0 Å². The van der Waals surface area contributed by atoms with Crippen LogP contribution in [0.25, 0.3) is 0 Å². The second kappa shape index (κ2) is 4.74. The SMILES string of the molecule is Cc1ccc(SCc2cc(C)on2)c(C)c1. The Morgan fingerprint density at radius 1 is 1.19 bits per heavy atom. The van der Waals surface area contributed by atoms with Gasteiger partial charge in [-0.3, -0.25) is 0 Å². The van der Waals surface area contributed by atoms with Gasteiger partial charge in [0.1, 0.15) is 5.76 Å². The Morgan fingerprint density at radius 3 is 2.62 bits per heavy atom. The van der Waals surface area contributed by atoms with Gasteiger partial charge in [0, 0.05) is 16.7 Å². The standard InChI is InChI=1S/C13H15NOS/c1-9-4-5-13(10(2)6-9)16-8-12-7-11(3)15-14-12/h4-7H,8H2,1-3H3. The Hall–Kier alpha value is -1.22. The Bertz CT molecular complexity index is 490. The number of benzene rings is 1. The molecule has 2 nitrogen and oxygen atoms in total. The van der Waals surface area contributed by atoms with Crippen LogP contribution in [-0.2, 0) is 5.75 Å². The first-order valence-corrected chi connectivity index (χ1v) is 6.26. The second-order valence-electron chi connectivity index (χ2n) is 3.99. The van der Waals surface area contributed by atoms with Crippen LogP contribution in [0, 0.1) is 20.8 Å². The molecule has 0 aliphatic rings. The lowest BCUT2D eigenvalue weighted by Crippen LogP contribution is -1.84. The Kier molecular flexibility index (Phi) is 3.34. The van der Waals surface area contributed by atoms with Crippen LogP contribution in [0.5, 0.6) is 0 Å². The van der Waals surface area contributed by atoms with Gasteiger partial charge < -0.3 is 4.52 Å². The van der Waals surface area contributed by atoms with Crippen molar-refractivity contribution in [2.24, 2.45) is 0 Å². The third-order valence-corrected chi connectivity index (χ3v) is 3.59. The quantitative estimate of drug-likeness (QED) is 0.752. The van der Waals surface area contributed by atoms with E-state index in [1.165, 1.54) is 16.0 Å². The molecule has 1 heterocycles. The lowest BCUT2D eigenvalue weighted by Gasteiger charge is -2.04. The van der Waals surface area contributed by atoms with Crippen molar-refractivity contribution in [1.29, 1.82) is 0 Å². The highest BCUT2D eigenvalue weighted by Gasteiger charge is 2.03. The summed E-state index contributed by atoms with van der Waals surface area (Å²) in [5.74, 6) is 1.73. The summed E-state index contributed by atoms with van der Waals surface area (Å²) in [7, 11) is 0. The van der Waals surface area contributed by atoms with Crippen LogP contribution in [0.3, 0.4) is 0 Å². The summed E-state index contributed by atoms with van der Waals surface area (Å²) in [6.45, 7) is 6.17. The third-order valence-electron chi connectivity index (χ3n) is 2.38. The van der Waals surface area contributed by atoms with Gasteiger partial charge in [0.05, 0.1) is 5.69 Å². The van der Waals surface area contributed by atoms with Gasteiger partial charge in [0.2, 0.25) is 0 Å². The van der Waals surface area contributed by atoms with E-state index in [4.69, 9.17) is 4.52 Å². The lowest BCUT2D eigenvalue weighted by molar-refractivity contribution is 0.393. The normalized spacial score (nSPS) is 10.7. The molecule has 0 N–H and O–H groups in total. The summed E-state index contributed by atoms with van der Waals surface area (Å²) >= 11 is 1.80. The van der Waals surface area contributed by atoms with Crippen LogP contribution in [0.15, 0.2) is 33.7 Å². The first kappa shape index (κ1) is 11.3. The highest BCUT2D eigenvalue weighted by Crippen LogP contribution is 2.26. The fraction of sp³-hybridized carbons (Fsp3) is 0.308. The number of aryl methyl sites for hydroxylation is 3. The van der Waals surface area contributed by atoms with Crippen LogP contribution in [0.1, 0.15) is 22.6 Å². The Labute approximate surface area is 100 Å². The zero-order valence-electron chi connectivity index (χ0n) is 9.78. The fourth-order valence-electron chi connectivity index (χ4n) is 1.60. The highest BCUT2D eigenvalue weighted by molar-refractivity contribution is 7.98. The maximum atomic E-state index is 5.04. The topological polar surface area (TPSA) is 26.0 Å². The molecule has 0 aliphatic carbocycles. The zero-order chi connectivity index (χ0) is 11.5. The molecule has 0 bridgehead atoms. The predicted octanol–water partition coefficient (Wildman–Crippen LogP) is 3.89. The van der Waals surface area contributed by atoms with Gasteiger partial charge in [-0.1, -0.05) is 22.9 Å². The van der Waals surface area contributed by atoms with Crippen molar-refractivity contribution < 1.29 is 4.52 Å². The number of nitrogens with zero attached hydrogens (tertiary/aromatic N) is 1. The molecule has 1 aromatic carbocycles. The van der Waals surface area contributed by atoms with Gasteiger partial charge in [-0.15, -0.1) is 11.8 Å². The molecular weight excluding hydrogens is 218 g/mol. The minimum atomic E-state index is 0.862. The Balaban J connectivity index is 2.04. The molecule has 3 heteroatoms. The zero-order valence-corrected chi connectivity index (χ0v) is 10.6. The molecule has 16 heavy (non-hydrogen) atoms. The van der Waals surface area contributed by atoms with Crippen LogP contribution >= 0.6 is 11.8 Å². The molecule has 0 saturated carbocycles. The van der Waals surface area contributed by atoms with Gasteiger partial charge in [0.25, 0.3) is 0 Å². The first-order chi connectivity index (χ1) is 7.65. The molecule has 0 atom stereocenters. The minimum absolute atomic E-state index is 0.862.